The van der Waals surface area contributed by atoms with Gasteiger partial charge in [0.25, 0.3) is 5.72 Å². The first kappa shape index (κ1) is 14.6. The van der Waals surface area contributed by atoms with Crippen molar-refractivity contribution in [1.82, 2.24) is 10.4 Å². The molecule has 0 aromatic carbocycles. The predicted octanol–water partition coefficient (Wildman–Crippen LogP) is 1.72. The van der Waals surface area contributed by atoms with Crippen molar-refractivity contribution < 1.29 is 23.1 Å². The van der Waals surface area contributed by atoms with Gasteiger partial charge in [-0.25, -0.2) is 15.2 Å². The number of nitrogens with two attached hydrogens (primary N) is 1. The lowest BCUT2D eigenvalue weighted by molar-refractivity contribution is -0.299. The number of carbonyl (C=O) groups excluding carboxylic acids is 1. The van der Waals surface area contributed by atoms with E-state index < -0.39 is 29.9 Å². The number of hydrazine groups is 1. The van der Waals surface area contributed by atoms with Gasteiger partial charge in [0, 0.05) is 12.0 Å². The maximum absolute atomic E-state index is 13.4. The molecule has 1 atom stereocenters. The highest BCUT2D eigenvalue weighted by molar-refractivity contribution is 5.73. The second-order valence-corrected chi connectivity index (χ2v) is 7.62. The van der Waals surface area contributed by atoms with Crippen molar-refractivity contribution in [3.63, 3.8) is 0 Å². The molecule has 0 aromatic heterocycles. The highest BCUT2D eigenvalue weighted by atomic mass is 19.4. The summed E-state index contributed by atoms with van der Waals surface area (Å²) in [6.07, 6.45) is -0.775. The van der Waals surface area contributed by atoms with E-state index in [2.05, 4.69) is 5.43 Å². The molecule has 5 nitrogen and oxygen atoms in total. The van der Waals surface area contributed by atoms with Crippen molar-refractivity contribution in [3.8, 4) is 0 Å². The fraction of sp³-hybridized carbons (Fsp3) is 0.929. The largest absolute Gasteiger partial charge is 0.438 e. The predicted molar refractivity (Wildman–Crippen MR) is 70.0 cm³/mol. The van der Waals surface area contributed by atoms with E-state index in [1.807, 2.05) is 0 Å². The zero-order valence-corrected chi connectivity index (χ0v) is 12.1. The minimum absolute atomic E-state index is 0.0713. The Morgan fingerprint density at radius 2 is 1.64 bits per heavy atom. The van der Waals surface area contributed by atoms with E-state index in [1.165, 1.54) is 6.42 Å². The number of hydrogen-bond donors (Lipinski definition) is 3. The van der Waals surface area contributed by atoms with Crippen LogP contribution in [0.25, 0.3) is 0 Å². The van der Waals surface area contributed by atoms with Gasteiger partial charge in [-0.1, -0.05) is 0 Å². The second kappa shape index (κ2) is 4.08. The minimum Gasteiger partial charge on any atom is -0.362 e. The van der Waals surface area contributed by atoms with Gasteiger partial charge < -0.3 is 10.8 Å². The molecule has 2 amide bonds. The Morgan fingerprint density at radius 1 is 1.14 bits per heavy atom. The van der Waals surface area contributed by atoms with Crippen molar-refractivity contribution in [1.29, 1.82) is 0 Å². The first-order valence-electron chi connectivity index (χ1n) is 7.82. The van der Waals surface area contributed by atoms with Crippen molar-refractivity contribution in [3.05, 3.63) is 0 Å². The van der Waals surface area contributed by atoms with Crippen LogP contribution in [0.5, 0.6) is 0 Å². The zero-order valence-electron chi connectivity index (χ0n) is 12.1. The van der Waals surface area contributed by atoms with Crippen LogP contribution in [0, 0.1) is 23.7 Å². The Balaban J connectivity index is 1.74. The Bertz CT molecular complexity index is 496. The summed E-state index contributed by atoms with van der Waals surface area (Å²) in [5, 5.41) is 10.5. The number of nitrogens with one attached hydrogen (secondary N) is 1. The van der Waals surface area contributed by atoms with E-state index in [-0.39, 0.29) is 16.8 Å². The average Bonchev–Trinajstić information content (AvgIpc) is 2.71. The SMILES string of the molecule is NC(=O)N1NC2(C[C@@]1(O)C(F)(F)F)C1CC3CC(C1)CC2C3. The lowest BCUT2D eigenvalue weighted by Crippen LogP contribution is -2.65. The third-order valence-electron chi connectivity index (χ3n) is 6.50. The van der Waals surface area contributed by atoms with Crippen LogP contribution in [0.2, 0.25) is 0 Å². The molecule has 4 aliphatic carbocycles. The molecule has 8 heteroatoms. The van der Waals surface area contributed by atoms with E-state index >= 15 is 0 Å². The van der Waals surface area contributed by atoms with Gasteiger partial charge in [0.05, 0.1) is 0 Å². The lowest BCUT2D eigenvalue weighted by Gasteiger charge is -2.59. The number of rotatable bonds is 0. The first-order chi connectivity index (χ1) is 10.2. The van der Waals surface area contributed by atoms with Gasteiger partial charge in [-0.05, 0) is 55.8 Å². The standard InChI is InChI=1S/C14H20F3N3O2/c15-14(16,17)13(22)6-12(19-20(13)11(18)21)9-2-7-1-8(4-9)5-10(12)3-7/h7-10,19,22H,1-6H2,(H2,18,21)/t7?,8?,9?,10?,12?,13-/m1/s1. The van der Waals surface area contributed by atoms with Crippen LogP contribution in [0.3, 0.4) is 0 Å². The fourth-order valence-electron chi connectivity index (χ4n) is 5.79. The molecule has 4 saturated carbocycles. The molecule has 1 aliphatic heterocycles. The van der Waals surface area contributed by atoms with Crippen LogP contribution in [0.1, 0.15) is 38.5 Å². The molecule has 22 heavy (non-hydrogen) atoms. The fourth-order valence-corrected chi connectivity index (χ4v) is 5.79. The third kappa shape index (κ3) is 1.65. The van der Waals surface area contributed by atoms with Crippen molar-refractivity contribution >= 4 is 6.03 Å². The lowest BCUT2D eigenvalue weighted by atomic mass is 9.48. The molecule has 124 valence electrons. The van der Waals surface area contributed by atoms with Crippen LogP contribution >= 0.6 is 0 Å². The van der Waals surface area contributed by atoms with Crippen LogP contribution in [0.4, 0.5) is 18.0 Å². The van der Waals surface area contributed by atoms with Crippen molar-refractivity contribution in [2.24, 2.45) is 29.4 Å². The third-order valence-corrected chi connectivity index (χ3v) is 6.50. The number of urea groups is 1. The number of alkyl halides is 3. The molecule has 1 heterocycles. The molecule has 5 fully saturated rings. The maximum Gasteiger partial charge on any atom is 0.438 e. The molecule has 5 rings (SSSR count). The number of hydrogen-bond acceptors (Lipinski definition) is 3. The quantitative estimate of drug-likeness (QED) is 0.636. The number of aliphatic hydroxyl groups is 1. The van der Waals surface area contributed by atoms with E-state index in [4.69, 9.17) is 5.73 Å². The summed E-state index contributed by atoms with van der Waals surface area (Å²) in [5.41, 5.74) is 3.78. The minimum atomic E-state index is -4.94. The number of halogens is 3. The van der Waals surface area contributed by atoms with E-state index in [0.29, 0.717) is 11.8 Å². The second-order valence-electron chi connectivity index (χ2n) is 7.62. The van der Waals surface area contributed by atoms with Gasteiger partial charge in [-0.2, -0.15) is 13.2 Å². The molecule has 4 N–H and O–H groups in total. The van der Waals surface area contributed by atoms with Crippen molar-refractivity contribution in [2.45, 2.75) is 56.0 Å². The Morgan fingerprint density at radius 3 is 2.00 bits per heavy atom. The molecule has 1 saturated heterocycles. The van der Waals surface area contributed by atoms with Crippen LogP contribution in [0.15, 0.2) is 0 Å². The van der Waals surface area contributed by atoms with Crippen LogP contribution in [-0.2, 0) is 0 Å². The summed E-state index contributed by atoms with van der Waals surface area (Å²) < 4.78 is 40.2. The van der Waals surface area contributed by atoms with Gasteiger partial charge in [-0.3, -0.25) is 0 Å². The topological polar surface area (TPSA) is 78.6 Å². The summed E-state index contributed by atoms with van der Waals surface area (Å²) >= 11 is 0. The average molecular weight is 319 g/mol. The zero-order chi connectivity index (χ0) is 15.9. The number of nitrogens with zero attached hydrogens (tertiary/aromatic N) is 1. The summed E-state index contributed by atoms with van der Waals surface area (Å²) in [6.45, 7) is 0. The number of primary amides is 1. The van der Waals surface area contributed by atoms with E-state index in [1.54, 1.807) is 0 Å². The van der Waals surface area contributed by atoms with E-state index in [9.17, 15) is 23.1 Å². The Labute approximate surface area is 126 Å². The van der Waals surface area contributed by atoms with Gasteiger partial charge in [-0.15, -0.1) is 0 Å². The summed E-state index contributed by atoms with van der Waals surface area (Å²) in [7, 11) is 0. The molecule has 1 spiro atoms. The monoisotopic (exact) mass is 319 g/mol. The van der Waals surface area contributed by atoms with Gasteiger partial charge in [0.1, 0.15) is 0 Å². The smallest absolute Gasteiger partial charge is 0.362 e. The van der Waals surface area contributed by atoms with Gasteiger partial charge in [0.15, 0.2) is 0 Å². The maximum atomic E-state index is 13.4. The summed E-state index contributed by atoms with van der Waals surface area (Å²) in [6, 6.07) is -1.29. The van der Waals surface area contributed by atoms with Crippen LogP contribution in [-0.4, -0.2) is 33.6 Å². The molecule has 0 unspecified atom stereocenters. The molecule has 0 radical (unpaired) electrons. The van der Waals surface area contributed by atoms with Gasteiger partial charge >= 0.3 is 12.2 Å². The molecule has 0 aromatic rings. The van der Waals surface area contributed by atoms with E-state index in [0.717, 1.165) is 25.7 Å². The summed E-state index contributed by atoms with van der Waals surface area (Å²) in [4.78, 5) is 11.5. The number of amides is 2. The molecular formula is C14H20F3N3O2. The van der Waals surface area contributed by atoms with Crippen LogP contribution < -0.4 is 11.2 Å². The highest BCUT2D eigenvalue weighted by Crippen LogP contribution is 2.63. The normalized spacial score (nSPS) is 50.1. The van der Waals surface area contributed by atoms with Crippen molar-refractivity contribution in [2.75, 3.05) is 0 Å². The van der Waals surface area contributed by atoms with Gasteiger partial charge in [0.2, 0.25) is 0 Å². The Kier molecular flexibility index (Phi) is 2.70. The molecule has 4 bridgehead atoms. The highest BCUT2D eigenvalue weighted by Gasteiger charge is 2.72. The Hall–Kier alpha value is -1.02. The molecular weight excluding hydrogens is 299 g/mol. The summed E-state index contributed by atoms with van der Waals surface area (Å²) in [5.74, 6) is 1.30. The molecule has 5 aliphatic rings. The number of carbonyl (C=O) groups is 1. The first-order valence-corrected chi connectivity index (χ1v) is 7.82.